The van der Waals surface area contributed by atoms with Gasteiger partial charge in [0.2, 0.25) is 5.91 Å². The van der Waals surface area contributed by atoms with E-state index in [-0.39, 0.29) is 11.6 Å². The van der Waals surface area contributed by atoms with Gasteiger partial charge in [0.05, 0.1) is 17.2 Å². The van der Waals surface area contributed by atoms with Gasteiger partial charge in [-0.05, 0) is 43.2 Å². The molecule has 0 aliphatic rings. The van der Waals surface area contributed by atoms with Crippen molar-refractivity contribution in [2.24, 2.45) is 0 Å². The number of hydrogen-bond acceptors (Lipinski definition) is 4. The van der Waals surface area contributed by atoms with Crippen molar-refractivity contribution in [2.75, 3.05) is 11.9 Å². The summed E-state index contributed by atoms with van der Waals surface area (Å²) in [6.07, 6.45) is 3.05. The first-order valence-electron chi connectivity index (χ1n) is 7.46. The Kier molecular flexibility index (Phi) is 5.68. The summed E-state index contributed by atoms with van der Waals surface area (Å²) in [6, 6.07) is 11.7. The van der Waals surface area contributed by atoms with E-state index < -0.39 is 4.92 Å². The molecule has 6 nitrogen and oxygen atoms in total. The fourth-order valence-corrected chi connectivity index (χ4v) is 2.05. The molecule has 2 rings (SSSR count). The van der Waals surface area contributed by atoms with Crippen LogP contribution in [0.4, 0.5) is 11.4 Å². The highest BCUT2D eigenvalue weighted by Crippen LogP contribution is 2.22. The highest BCUT2D eigenvalue weighted by Gasteiger charge is 2.09. The molecule has 0 spiro atoms. The Balaban J connectivity index is 2.05. The summed E-state index contributed by atoms with van der Waals surface area (Å²) in [5.41, 5.74) is 1.96. The lowest BCUT2D eigenvalue weighted by atomic mass is 10.1. The summed E-state index contributed by atoms with van der Waals surface area (Å²) >= 11 is 0. The van der Waals surface area contributed by atoms with Gasteiger partial charge in [0.25, 0.3) is 5.69 Å². The van der Waals surface area contributed by atoms with Crippen LogP contribution in [-0.4, -0.2) is 17.4 Å². The molecule has 0 aliphatic carbocycles. The second kappa shape index (κ2) is 7.92. The molecule has 1 amide bonds. The predicted molar refractivity (Wildman–Crippen MR) is 93.1 cm³/mol. The SMILES string of the molecule is CCOc1ccc(/C=C/C(=O)Nc2cc([N+](=O)[O-])ccc2C)cc1. The van der Waals surface area contributed by atoms with E-state index in [0.29, 0.717) is 12.3 Å². The van der Waals surface area contributed by atoms with Gasteiger partial charge >= 0.3 is 0 Å². The number of ether oxygens (including phenoxy) is 1. The summed E-state index contributed by atoms with van der Waals surface area (Å²) < 4.78 is 5.35. The Hall–Kier alpha value is -3.15. The first-order valence-corrected chi connectivity index (χ1v) is 7.46. The fraction of sp³-hybridized carbons (Fsp3) is 0.167. The van der Waals surface area contributed by atoms with Crippen LogP contribution in [-0.2, 0) is 4.79 Å². The molecular weight excluding hydrogens is 308 g/mol. The zero-order valence-electron chi connectivity index (χ0n) is 13.5. The van der Waals surface area contributed by atoms with E-state index in [1.54, 1.807) is 19.1 Å². The molecule has 0 radical (unpaired) electrons. The predicted octanol–water partition coefficient (Wildman–Crippen LogP) is 3.95. The Labute approximate surface area is 139 Å². The number of nitrogens with one attached hydrogen (secondary N) is 1. The zero-order chi connectivity index (χ0) is 17.5. The van der Waals surface area contributed by atoms with Gasteiger partial charge in [-0.25, -0.2) is 0 Å². The molecule has 0 bridgehead atoms. The van der Waals surface area contributed by atoms with Crippen molar-refractivity contribution >= 4 is 23.4 Å². The normalized spacial score (nSPS) is 10.6. The number of carbonyl (C=O) groups excluding carboxylic acids is 1. The minimum atomic E-state index is -0.495. The third kappa shape index (κ3) is 4.67. The number of aryl methyl sites for hydroxylation is 1. The van der Waals surface area contributed by atoms with Crippen LogP contribution in [0.25, 0.3) is 6.08 Å². The first kappa shape index (κ1) is 17.2. The quantitative estimate of drug-likeness (QED) is 0.495. The number of hydrogen-bond donors (Lipinski definition) is 1. The Morgan fingerprint density at radius 2 is 1.96 bits per heavy atom. The second-order valence-electron chi connectivity index (χ2n) is 5.08. The minimum Gasteiger partial charge on any atom is -0.494 e. The van der Waals surface area contributed by atoms with E-state index in [9.17, 15) is 14.9 Å². The van der Waals surface area contributed by atoms with Gasteiger partial charge in [-0.1, -0.05) is 18.2 Å². The number of benzene rings is 2. The molecule has 0 saturated heterocycles. The average molecular weight is 326 g/mol. The molecule has 0 saturated carbocycles. The fourth-order valence-electron chi connectivity index (χ4n) is 2.05. The van der Waals surface area contributed by atoms with E-state index in [1.165, 1.54) is 18.2 Å². The summed E-state index contributed by atoms with van der Waals surface area (Å²) in [4.78, 5) is 22.3. The minimum absolute atomic E-state index is 0.0635. The maximum absolute atomic E-state index is 12.0. The van der Waals surface area contributed by atoms with Crippen LogP contribution in [0.5, 0.6) is 5.75 Å². The molecule has 1 N–H and O–H groups in total. The summed E-state index contributed by atoms with van der Waals surface area (Å²) in [7, 11) is 0. The lowest BCUT2D eigenvalue weighted by Crippen LogP contribution is -2.09. The van der Waals surface area contributed by atoms with Crippen LogP contribution in [0.1, 0.15) is 18.1 Å². The lowest BCUT2D eigenvalue weighted by molar-refractivity contribution is -0.384. The van der Waals surface area contributed by atoms with Crippen molar-refractivity contribution < 1.29 is 14.5 Å². The van der Waals surface area contributed by atoms with Gasteiger partial charge in [-0.3, -0.25) is 14.9 Å². The number of rotatable bonds is 6. The van der Waals surface area contributed by atoms with Gasteiger partial charge in [-0.2, -0.15) is 0 Å². The van der Waals surface area contributed by atoms with Crippen molar-refractivity contribution in [1.82, 2.24) is 0 Å². The van der Waals surface area contributed by atoms with Crippen molar-refractivity contribution in [1.29, 1.82) is 0 Å². The topological polar surface area (TPSA) is 81.5 Å². The highest BCUT2D eigenvalue weighted by molar-refractivity contribution is 6.02. The van der Waals surface area contributed by atoms with Gasteiger partial charge in [0.15, 0.2) is 0 Å². The van der Waals surface area contributed by atoms with Crippen LogP contribution in [0.2, 0.25) is 0 Å². The van der Waals surface area contributed by atoms with Crippen LogP contribution < -0.4 is 10.1 Å². The molecule has 6 heteroatoms. The molecule has 2 aromatic carbocycles. The maximum atomic E-state index is 12.0. The van der Waals surface area contributed by atoms with Crippen molar-refractivity contribution in [2.45, 2.75) is 13.8 Å². The van der Waals surface area contributed by atoms with Crippen LogP contribution in [0.15, 0.2) is 48.5 Å². The average Bonchev–Trinajstić information content (AvgIpc) is 2.56. The van der Waals surface area contributed by atoms with E-state index >= 15 is 0 Å². The van der Waals surface area contributed by atoms with Crippen LogP contribution in [0.3, 0.4) is 0 Å². The van der Waals surface area contributed by atoms with E-state index in [4.69, 9.17) is 4.74 Å². The Morgan fingerprint density at radius 1 is 1.25 bits per heavy atom. The number of amides is 1. The number of nitro benzene ring substituents is 1. The van der Waals surface area contributed by atoms with Gasteiger partial charge in [0, 0.05) is 18.2 Å². The number of carbonyl (C=O) groups is 1. The van der Waals surface area contributed by atoms with Crippen molar-refractivity contribution in [3.63, 3.8) is 0 Å². The summed E-state index contributed by atoms with van der Waals surface area (Å²) in [5.74, 6) is 0.416. The Bertz CT molecular complexity index is 767. The molecule has 0 fully saturated rings. The molecule has 124 valence electrons. The molecule has 0 unspecified atom stereocenters. The van der Waals surface area contributed by atoms with Crippen molar-refractivity contribution in [3.05, 3.63) is 69.8 Å². The van der Waals surface area contributed by atoms with Crippen LogP contribution in [0, 0.1) is 17.0 Å². The Morgan fingerprint density at radius 3 is 2.58 bits per heavy atom. The first-order chi connectivity index (χ1) is 11.5. The summed E-state index contributed by atoms with van der Waals surface area (Å²) in [5, 5.41) is 13.5. The van der Waals surface area contributed by atoms with Crippen LogP contribution >= 0.6 is 0 Å². The largest absolute Gasteiger partial charge is 0.494 e. The molecule has 0 aliphatic heterocycles. The highest BCUT2D eigenvalue weighted by atomic mass is 16.6. The third-order valence-electron chi connectivity index (χ3n) is 3.31. The zero-order valence-corrected chi connectivity index (χ0v) is 13.5. The summed E-state index contributed by atoms with van der Waals surface area (Å²) in [6.45, 7) is 4.28. The maximum Gasteiger partial charge on any atom is 0.271 e. The molecule has 0 atom stereocenters. The van der Waals surface area contributed by atoms with Gasteiger partial charge < -0.3 is 10.1 Å². The second-order valence-corrected chi connectivity index (χ2v) is 5.08. The monoisotopic (exact) mass is 326 g/mol. The molecule has 0 heterocycles. The standard InChI is InChI=1S/C18H18N2O4/c1-3-24-16-9-5-14(6-10-16)7-11-18(21)19-17-12-15(20(22)23)8-4-13(17)2/h4-12H,3H2,1-2H3,(H,19,21)/b11-7+. The number of nitrogens with zero attached hydrogens (tertiary/aromatic N) is 1. The number of non-ortho nitro benzene ring substituents is 1. The number of anilines is 1. The molecule has 0 aromatic heterocycles. The third-order valence-corrected chi connectivity index (χ3v) is 3.31. The lowest BCUT2D eigenvalue weighted by Gasteiger charge is -2.06. The van der Waals surface area contributed by atoms with Gasteiger partial charge in [0.1, 0.15) is 5.75 Å². The van der Waals surface area contributed by atoms with E-state index in [0.717, 1.165) is 16.9 Å². The van der Waals surface area contributed by atoms with E-state index in [1.807, 2.05) is 31.2 Å². The number of nitro groups is 1. The van der Waals surface area contributed by atoms with Gasteiger partial charge in [-0.15, -0.1) is 0 Å². The smallest absolute Gasteiger partial charge is 0.271 e. The molecule has 24 heavy (non-hydrogen) atoms. The molecular formula is C18H18N2O4. The van der Waals surface area contributed by atoms with Crippen molar-refractivity contribution in [3.8, 4) is 5.75 Å². The molecule has 2 aromatic rings. The van der Waals surface area contributed by atoms with E-state index in [2.05, 4.69) is 5.32 Å².